The Labute approximate surface area is 123 Å². The second kappa shape index (κ2) is 4.73. The Hall–Kier alpha value is -2.09. The number of sulfone groups is 1. The monoisotopic (exact) mass is 307 g/mol. The largest absolute Gasteiger partial charge is 0.382 e. The first-order valence-electron chi connectivity index (χ1n) is 6.64. The van der Waals surface area contributed by atoms with Gasteiger partial charge in [0.1, 0.15) is 5.82 Å². The second-order valence-corrected chi connectivity index (χ2v) is 7.31. The van der Waals surface area contributed by atoms with E-state index in [1.165, 1.54) is 4.68 Å². The molecule has 0 atom stereocenters. The molecule has 0 saturated heterocycles. The quantitative estimate of drug-likeness (QED) is 0.878. The van der Waals surface area contributed by atoms with E-state index in [2.05, 4.69) is 15.4 Å². The van der Waals surface area contributed by atoms with E-state index in [1.54, 1.807) is 12.3 Å². The highest BCUT2D eigenvalue weighted by atomic mass is 32.2. The first kappa shape index (κ1) is 13.9. The minimum absolute atomic E-state index is 0.0395. The number of pyridine rings is 1. The van der Waals surface area contributed by atoms with Crippen molar-refractivity contribution in [2.24, 2.45) is 0 Å². The molecule has 0 unspecified atom stereocenters. The zero-order valence-electron chi connectivity index (χ0n) is 11.9. The zero-order chi connectivity index (χ0) is 15.2. The van der Waals surface area contributed by atoms with Crippen LogP contribution in [0, 0.1) is 6.92 Å². The Morgan fingerprint density at radius 2 is 2.14 bits per heavy atom. The number of rotatable bonds is 4. The van der Waals surface area contributed by atoms with Gasteiger partial charge < -0.3 is 11.1 Å². The van der Waals surface area contributed by atoms with E-state index in [9.17, 15) is 8.42 Å². The fourth-order valence-corrected chi connectivity index (χ4v) is 3.03. The lowest BCUT2D eigenvalue weighted by Gasteiger charge is -2.03. The van der Waals surface area contributed by atoms with Gasteiger partial charge in [0.2, 0.25) is 0 Å². The summed E-state index contributed by atoms with van der Waals surface area (Å²) in [6.07, 6.45) is 4.80. The smallest absolute Gasteiger partial charge is 0.182 e. The van der Waals surface area contributed by atoms with Crippen molar-refractivity contribution < 1.29 is 8.42 Å². The summed E-state index contributed by atoms with van der Waals surface area (Å²) in [5.74, 6) is 0.890. The Balaban J connectivity index is 2.15. The number of nitrogens with one attached hydrogen (secondary N) is 1. The SMILES string of the molecule is Cc1ccnc(-n2nc(NC3CC3)c(S(C)(=O)=O)c2N)c1. The molecule has 0 radical (unpaired) electrons. The Morgan fingerprint density at radius 1 is 1.43 bits per heavy atom. The van der Waals surface area contributed by atoms with Crippen LogP contribution in [-0.2, 0) is 9.84 Å². The van der Waals surface area contributed by atoms with Crippen LogP contribution in [0.3, 0.4) is 0 Å². The van der Waals surface area contributed by atoms with Crippen molar-refractivity contribution in [2.45, 2.75) is 30.7 Å². The molecule has 1 saturated carbocycles. The van der Waals surface area contributed by atoms with Crippen molar-refractivity contribution >= 4 is 21.5 Å². The molecule has 21 heavy (non-hydrogen) atoms. The highest BCUT2D eigenvalue weighted by Crippen LogP contribution is 2.33. The second-order valence-electron chi connectivity index (χ2n) is 5.36. The van der Waals surface area contributed by atoms with Crippen LogP contribution in [0.4, 0.5) is 11.6 Å². The van der Waals surface area contributed by atoms with E-state index in [1.807, 2.05) is 13.0 Å². The van der Waals surface area contributed by atoms with Gasteiger partial charge in [-0.1, -0.05) is 0 Å². The average molecular weight is 307 g/mol. The molecule has 2 aromatic heterocycles. The Kier molecular flexibility index (Phi) is 3.12. The molecule has 0 amide bonds. The normalized spacial score (nSPS) is 15.1. The molecule has 2 aromatic rings. The van der Waals surface area contributed by atoms with Crippen LogP contribution in [0.5, 0.6) is 0 Å². The van der Waals surface area contributed by atoms with Gasteiger partial charge in [0.15, 0.2) is 26.4 Å². The lowest BCUT2D eigenvalue weighted by atomic mass is 10.3. The summed E-state index contributed by atoms with van der Waals surface area (Å²) in [5.41, 5.74) is 7.00. The van der Waals surface area contributed by atoms with Gasteiger partial charge in [-0.3, -0.25) is 0 Å². The highest BCUT2D eigenvalue weighted by molar-refractivity contribution is 7.91. The van der Waals surface area contributed by atoms with Crippen molar-refractivity contribution in [3.63, 3.8) is 0 Å². The number of nitrogens with zero attached hydrogens (tertiary/aromatic N) is 3. The van der Waals surface area contributed by atoms with Crippen LogP contribution in [0.25, 0.3) is 5.82 Å². The number of nitrogens with two attached hydrogens (primary N) is 1. The van der Waals surface area contributed by atoms with Crippen LogP contribution >= 0.6 is 0 Å². The van der Waals surface area contributed by atoms with Gasteiger partial charge in [-0.15, -0.1) is 5.10 Å². The predicted molar refractivity (Wildman–Crippen MR) is 80.3 cm³/mol. The molecule has 8 heteroatoms. The van der Waals surface area contributed by atoms with Gasteiger partial charge in [0, 0.05) is 18.5 Å². The summed E-state index contributed by atoms with van der Waals surface area (Å²) in [6, 6.07) is 3.93. The minimum atomic E-state index is -3.48. The van der Waals surface area contributed by atoms with Crippen LogP contribution in [0.1, 0.15) is 18.4 Å². The highest BCUT2D eigenvalue weighted by Gasteiger charge is 2.29. The fourth-order valence-electron chi connectivity index (χ4n) is 2.11. The van der Waals surface area contributed by atoms with Gasteiger partial charge in [-0.25, -0.2) is 13.4 Å². The van der Waals surface area contributed by atoms with Gasteiger partial charge >= 0.3 is 0 Å². The van der Waals surface area contributed by atoms with Crippen LogP contribution in [-0.4, -0.2) is 35.5 Å². The molecule has 0 aliphatic heterocycles. The summed E-state index contributed by atoms with van der Waals surface area (Å²) in [4.78, 5) is 4.24. The Bertz CT molecular complexity index is 793. The van der Waals surface area contributed by atoms with E-state index in [4.69, 9.17) is 5.73 Å². The van der Waals surface area contributed by atoms with E-state index in [0.717, 1.165) is 24.7 Å². The lowest BCUT2D eigenvalue weighted by Crippen LogP contribution is -2.08. The lowest BCUT2D eigenvalue weighted by molar-refractivity contribution is 0.602. The summed E-state index contributed by atoms with van der Waals surface area (Å²) in [6.45, 7) is 1.92. The first-order chi connectivity index (χ1) is 9.86. The molecule has 0 spiro atoms. The van der Waals surface area contributed by atoms with Crippen LogP contribution in [0.15, 0.2) is 23.2 Å². The van der Waals surface area contributed by atoms with Crippen molar-refractivity contribution in [3.05, 3.63) is 23.9 Å². The van der Waals surface area contributed by atoms with Crippen molar-refractivity contribution in [1.29, 1.82) is 0 Å². The third kappa shape index (κ3) is 2.71. The zero-order valence-corrected chi connectivity index (χ0v) is 12.7. The van der Waals surface area contributed by atoms with Crippen molar-refractivity contribution in [1.82, 2.24) is 14.8 Å². The number of nitrogen functional groups attached to an aromatic ring is 1. The number of aromatic nitrogens is 3. The minimum Gasteiger partial charge on any atom is -0.382 e. The summed E-state index contributed by atoms with van der Waals surface area (Å²) in [5, 5.41) is 7.42. The van der Waals surface area contributed by atoms with Gasteiger partial charge in [0.25, 0.3) is 0 Å². The van der Waals surface area contributed by atoms with E-state index >= 15 is 0 Å². The number of aryl methyl sites for hydroxylation is 1. The van der Waals surface area contributed by atoms with Crippen molar-refractivity contribution in [2.75, 3.05) is 17.3 Å². The van der Waals surface area contributed by atoms with E-state index in [0.29, 0.717) is 11.6 Å². The number of hydrogen-bond donors (Lipinski definition) is 2. The van der Waals surface area contributed by atoms with Crippen molar-refractivity contribution in [3.8, 4) is 5.82 Å². The molecule has 2 heterocycles. The maximum Gasteiger partial charge on any atom is 0.182 e. The topological polar surface area (TPSA) is 103 Å². The number of hydrogen-bond acceptors (Lipinski definition) is 6. The molecule has 1 aliphatic carbocycles. The third-order valence-corrected chi connectivity index (χ3v) is 4.43. The summed E-state index contributed by atoms with van der Waals surface area (Å²) < 4.78 is 25.4. The van der Waals surface area contributed by atoms with Crippen LogP contribution in [0.2, 0.25) is 0 Å². The van der Waals surface area contributed by atoms with Gasteiger partial charge in [0.05, 0.1) is 0 Å². The molecular weight excluding hydrogens is 290 g/mol. The molecule has 7 nitrogen and oxygen atoms in total. The maximum atomic E-state index is 12.0. The first-order valence-corrected chi connectivity index (χ1v) is 8.53. The molecule has 3 rings (SSSR count). The van der Waals surface area contributed by atoms with E-state index in [-0.39, 0.29) is 16.8 Å². The molecule has 3 N–H and O–H groups in total. The molecular formula is C13H17N5O2S. The molecule has 112 valence electrons. The van der Waals surface area contributed by atoms with E-state index < -0.39 is 9.84 Å². The molecule has 1 aliphatic rings. The summed E-state index contributed by atoms with van der Waals surface area (Å²) in [7, 11) is -3.48. The third-order valence-electron chi connectivity index (χ3n) is 3.28. The maximum absolute atomic E-state index is 12.0. The molecule has 0 aromatic carbocycles. The van der Waals surface area contributed by atoms with Gasteiger partial charge in [-0.05, 0) is 37.5 Å². The fraction of sp³-hybridized carbons (Fsp3) is 0.385. The molecule has 0 bridgehead atoms. The summed E-state index contributed by atoms with van der Waals surface area (Å²) >= 11 is 0. The van der Waals surface area contributed by atoms with Gasteiger partial charge in [-0.2, -0.15) is 4.68 Å². The van der Waals surface area contributed by atoms with Crippen LogP contribution < -0.4 is 11.1 Å². The predicted octanol–water partition coefficient (Wildman–Crippen LogP) is 1.14. The standard InChI is InChI=1S/C13H17N5O2S/c1-8-5-6-15-10(7-8)18-12(14)11(21(2,19)20)13(17-18)16-9-3-4-9/h5-7,9H,3-4,14H2,1-2H3,(H,16,17). The Morgan fingerprint density at radius 3 is 2.71 bits per heavy atom. The number of anilines is 2. The average Bonchev–Trinajstić information content (AvgIpc) is 3.11. The molecule has 1 fully saturated rings.